The van der Waals surface area contributed by atoms with Gasteiger partial charge in [0.25, 0.3) is 0 Å². The molecule has 1 N–H and O–H groups in total. The van der Waals surface area contributed by atoms with E-state index in [2.05, 4.69) is 0 Å². The first-order chi connectivity index (χ1) is 5.52. The minimum atomic E-state index is -0.866. The van der Waals surface area contributed by atoms with Gasteiger partial charge in [-0.05, 0) is 6.92 Å². The van der Waals surface area contributed by atoms with Gasteiger partial charge in [0.1, 0.15) is 6.17 Å². The number of carbonyl (C=O) groups is 1. The number of likely N-dealkylation sites (tertiary alicyclic amines) is 1. The molecule has 1 rings (SSSR count). The van der Waals surface area contributed by atoms with Gasteiger partial charge in [0.05, 0.1) is 25.1 Å². The number of hydrogen-bond acceptors (Lipinski definition) is 2. The summed E-state index contributed by atoms with van der Waals surface area (Å²) in [5.41, 5.74) is 0. The SMILES string of the molecule is CC(O)C(C)C(=O)N1CC(F)C1. The maximum atomic E-state index is 12.3. The van der Waals surface area contributed by atoms with Crippen LogP contribution in [0.3, 0.4) is 0 Å². The highest BCUT2D eigenvalue weighted by Crippen LogP contribution is 2.16. The van der Waals surface area contributed by atoms with Gasteiger partial charge in [-0.15, -0.1) is 0 Å². The lowest BCUT2D eigenvalue weighted by atomic mass is 10.0. The molecule has 3 nitrogen and oxygen atoms in total. The third-order valence-corrected chi connectivity index (χ3v) is 2.26. The highest BCUT2D eigenvalue weighted by molar-refractivity contribution is 5.79. The first-order valence-corrected chi connectivity index (χ1v) is 4.13. The fraction of sp³-hybridized carbons (Fsp3) is 0.875. The molecule has 1 amide bonds. The Morgan fingerprint density at radius 2 is 2.08 bits per heavy atom. The molecule has 4 heteroatoms. The van der Waals surface area contributed by atoms with Gasteiger partial charge in [-0.3, -0.25) is 4.79 Å². The zero-order valence-corrected chi connectivity index (χ0v) is 7.33. The second kappa shape index (κ2) is 3.39. The summed E-state index contributed by atoms with van der Waals surface area (Å²) >= 11 is 0. The van der Waals surface area contributed by atoms with Crippen LogP contribution in [0.4, 0.5) is 4.39 Å². The number of carbonyl (C=O) groups excluding carboxylic acids is 1. The third-order valence-electron chi connectivity index (χ3n) is 2.26. The summed E-state index contributed by atoms with van der Waals surface area (Å²) in [5.74, 6) is -0.573. The van der Waals surface area contributed by atoms with Crippen LogP contribution < -0.4 is 0 Å². The fourth-order valence-corrected chi connectivity index (χ4v) is 1.10. The van der Waals surface area contributed by atoms with E-state index in [1.165, 1.54) is 4.90 Å². The first-order valence-electron chi connectivity index (χ1n) is 4.13. The number of aliphatic hydroxyl groups is 1. The average molecular weight is 175 g/mol. The monoisotopic (exact) mass is 175 g/mol. The lowest BCUT2D eigenvalue weighted by Crippen LogP contribution is -2.54. The zero-order chi connectivity index (χ0) is 9.30. The van der Waals surface area contributed by atoms with Gasteiger partial charge >= 0.3 is 0 Å². The van der Waals surface area contributed by atoms with Gasteiger partial charge in [0.15, 0.2) is 0 Å². The highest BCUT2D eigenvalue weighted by atomic mass is 19.1. The summed E-state index contributed by atoms with van der Waals surface area (Å²) in [6.07, 6.45) is -1.52. The van der Waals surface area contributed by atoms with Crippen molar-refractivity contribution in [1.29, 1.82) is 0 Å². The smallest absolute Gasteiger partial charge is 0.228 e. The van der Waals surface area contributed by atoms with Crippen LogP contribution in [0, 0.1) is 5.92 Å². The van der Waals surface area contributed by atoms with E-state index in [9.17, 15) is 9.18 Å². The zero-order valence-electron chi connectivity index (χ0n) is 7.33. The number of hydrogen-bond donors (Lipinski definition) is 1. The highest BCUT2D eigenvalue weighted by Gasteiger charge is 2.33. The van der Waals surface area contributed by atoms with Crippen LogP contribution in [0.25, 0.3) is 0 Å². The van der Waals surface area contributed by atoms with Crippen LogP contribution in [-0.4, -0.2) is 41.3 Å². The first kappa shape index (κ1) is 9.45. The predicted octanol–water partition coefficient (Wildman–Crippen LogP) is 0.184. The van der Waals surface area contributed by atoms with Crippen molar-refractivity contribution in [2.75, 3.05) is 13.1 Å². The summed E-state index contributed by atoms with van der Waals surface area (Å²) in [5, 5.41) is 9.08. The van der Waals surface area contributed by atoms with Crippen LogP contribution in [0.5, 0.6) is 0 Å². The molecule has 0 saturated carbocycles. The molecule has 0 bridgehead atoms. The number of aliphatic hydroxyl groups excluding tert-OH is 1. The van der Waals surface area contributed by atoms with E-state index in [1.54, 1.807) is 13.8 Å². The number of rotatable bonds is 2. The normalized spacial score (nSPS) is 23.2. The molecule has 1 heterocycles. The number of amides is 1. The van der Waals surface area contributed by atoms with E-state index < -0.39 is 18.2 Å². The van der Waals surface area contributed by atoms with Crippen LogP contribution in [-0.2, 0) is 4.79 Å². The summed E-state index contributed by atoms with van der Waals surface area (Å²) in [4.78, 5) is 12.7. The second-order valence-corrected chi connectivity index (χ2v) is 3.37. The lowest BCUT2D eigenvalue weighted by molar-refractivity contribution is -0.145. The molecular formula is C8H14FNO2. The van der Waals surface area contributed by atoms with Crippen molar-refractivity contribution >= 4 is 5.91 Å². The largest absolute Gasteiger partial charge is 0.393 e. The standard InChI is InChI=1S/C8H14FNO2/c1-5(6(2)11)8(12)10-3-7(9)4-10/h5-7,11H,3-4H2,1-2H3. The van der Waals surface area contributed by atoms with Crippen molar-refractivity contribution < 1.29 is 14.3 Å². The Bertz CT molecular complexity index is 178. The van der Waals surface area contributed by atoms with Gasteiger partial charge in [-0.1, -0.05) is 6.92 Å². The Labute approximate surface area is 71.2 Å². The minimum absolute atomic E-state index is 0.154. The van der Waals surface area contributed by atoms with Crippen molar-refractivity contribution in [3.63, 3.8) is 0 Å². The fourth-order valence-electron chi connectivity index (χ4n) is 1.10. The lowest BCUT2D eigenvalue weighted by Gasteiger charge is -2.36. The van der Waals surface area contributed by atoms with Crippen LogP contribution in [0.15, 0.2) is 0 Å². The summed E-state index contributed by atoms with van der Waals surface area (Å²) < 4.78 is 12.3. The van der Waals surface area contributed by atoms with E-state index in [0.29, 0.717) is 0 Å². The molecule has 0 aromatic carbocycles. The predicted molar refractivity (Wildman–Crippen MR) is 42.3 cm³/mol. The molecule has 0 spiro atoms. The van der Waals surface area contributed by atoms with Crippen molar-refractivity contribution in [3.8, 4) is 0 Å². The third kappa shape index (κ3) is 1.75. The Hall–Kier alpha value is -0.640. The number of halogens is 1. The Kier molecular flexibility index (Phi) is 2.67. The molecule has 12 heavy (non-hydrogen) atoms. The van der Waals surface area contributed by atoms with E-state index in [4.69, 9.17) is 5.11 Å². The van der Waals surface area contributed by atoms with E-state index in [0.717, 1.165) is 0 Å². The minimum Gasteiger partial charge on any atom is -0.393 e. The Morgan fingerprint density at radius 3 is 2.42 bits per heavy atom. The molecule has 1 aliphatic heterocycles. The molecule has 0 aromatic heterocycles. The Balaban J connectivity index is 2.38. The van der Waals surface area contributed by atoms with Crippen LogP contribution in [0.1, 0.15) is 13.8 Å². The van der Waals surface area contributed by atoms with Gasteiger partial charge in [-0.2, -0.15) is 0 Å². The molecule has 1 aliphatic rings. The Morgan fingerprint density at radius 1 is 1.58 bits per heavy atom. The van der Waals surface area contributed by atoms with Crippen LogP contribution in [0.2, 0.25) is 0 Å². The van der Waals surface area contributed by atoms with Crippen molar-refractivity contribution in [3.05, 3.63) is 0 Å². The quantitative estimate of drug-likeness (QED) is 0.650. The van der Waals surface area contributed by atoms with Gasteiger partial charge in [0, 0.05) is 0 Å². The second-order valence-electron chi connectivity index (χ2n) is 3.37. The summed E-state index contributed by atoms with van der Waals surface area (Å²) in [7, 11) is 0. The molecule has 1 fully saturated rings. The van der Waals surface area contributed by atoms with E-state index in [1.807, 2.05) is 0 Å². The number of nitrogens with zero attached hydrogens (tertiary/aromatic N) is 1. The topological polar surface area (TPSA) is 40.5 Å². The van der Waals surface area contributed by atoms with Gasteiger partial charge in [0.2, 0.25) is 5.91 Å². The van der Waals surface area contributed by atoms with Gasteiger partial charge < -0.3 is 10.0 Å². The van der Waals surface area contributed by atoms with Crippen molar-refractivity contribution in [2.45, 2.75) is 26.1 Å². The molecule has 1 saturated heterocycles. The van der Waals surface area contributed by atoms with Gasteiger partial charge in [-0.25, -0.2) is 4.39 Å². The molecular weight excluding hydrogens is 161 g/mol. The van der Waals surface area contributed by atoms with Crippen LogP contribution >= 0.6 is 0 Å². The molecule has 0 aromatic rings. The van der Waals surface area contributed by atoms with E-state index >= 15 is 0 Å². The molecule has 0 aliphatic carbocycles. The van der Waals surface area contributed by atoms with Crippen molar-refractivity contribution in [2.24, 2.45) is 5.92 Å². The summed E-state index contributed by atoms with van der Waals surface area (Å²) in [6, 6.07) is 0. The molecule has 0 radical (unpaired) electrons. The molecule has 70 valence electrons. The van der Waals surface area contributed by atoms with Crippen molar-refractivity contribution in [1.82, 2.24) is 4.90 Å². The average Bonchev–Trinajstić information content (AvgIpc) is 1.95. The molecule has 2 unspecified atom stereocenters. The van der Waals surface area contributed by atoms with E-state index in [-0.39, 0.29) is 19.0 Å². The summed E-state index contributed by atoms with van der Waals surface area (Å²) in [6.45, 7) is 3.60. The number of alkyl halides is 1. The maximum Gasteiger partial charge on any atom is 0.228 e. The molecule has 2 atom stereocenters. The maximum absolute atomic E-state index is 12.3.